The van der Waals surface area contributed by atoms with Gasteiger partial charge < -0.3 is 15.6 Å². The Hall–Kier alpha value is -2.11. The fourth-order valence-electron chi connectivity index (χ4n) is 1.12. The molecule has 0 saturated heterocycles. The van der Waals surface area contributed by atoms with Gasteiger partial charge in [-0.1, -0.05) is 15.5 Å². The van der Waals surface area contributed by atoms with Crippen molar-refractivity contribution in [1.29, 1.82) is 0 Å². The average molecular weight is 195 g/mol. The Labute approximate surface area is 79.8 Å². The molecule has 0 heterocycles. The molecule has 1 rings (SSSR count). The lowest BCUT2D eigenvalue weighted by atomic mass is 9.99. The zero-order chi connectivity index (χ0) is 10.4. The largest absolute Gasteiger partial charge is 0.411 e. The summed E-state index contributed by atoms with van der Waals surface area (Å²) in [4.78, 5) is 0. The van der Waals surface area contributed by atoms with Gasteiger partial charge in [0.25, 0.3) is 0 Å². The molecule has 0 spiro atoms. The van der Waals surface area contributed by atoms with Crippen molar-refractivity contribution < 1.29 is 15.6 Å². The van der Waals surface area contributed by atoms with E-state index in [2.05, 4.69) is 15.5 Å². The van der Waals surface area contributed by atoms with Gasteiger partial charge in [0, 0.05) is 6.42 Å². The van der Waals surface area contributed by atoms with Gasteiger partial charge in [-0.2, -0.15) is 0 Å². The van der Waals surface area contributed by atoms with Crippen LogP contribution in [0.2, 0.25) is 0 Å². The summed E-state index contributed by atoms with van der Waals surface area (Å²) in [5.74, 6) is 0. The Morgan fingerprint density at radius 1 is 1.07 bits per heavy atom. The van der Waals surface area contributed by atoms with Crippen LogP contribution in [0, 0.1) is 0 Å². The molecule has 0 radical (unpaired) electrons. The molecular formula is C8H9N3O3. The Balaban J connectivity index is 2.97. The quantitative estimate of drug-likeness (QED) is 0.348. The van der Waals surface area contributed by atoms with Crippen LogP contribution in [0.5, 0.6) is 0 Å². The summed E-state index contributed by atoms with van der Waals surface area (Å²) in [7, 11) is 0. The van der Waals surface area contributed by atoms with Crippen LogP contribution in [0.1, 0.15) is 6.42 Å². The number of nitrogens with zero attached hydrogens (tertiary/aromatic N) is 3. The van der Waals surface area contributed by atoms with Crippen LogP contribution in [0.15, 0.2) is 38.8 Å². The van der Waals surface area contributed by atoms with E-state index < -0.39 is 0 Å². The van der Waals surface area contributed by atoms with Crippen LogP contribution < -0.4 is 0 Å². The van der Waals surface area contributed by atoms with Crippen molar-refractivity contribution in [3.63, 3.8) is 0 Å². The first-order chi connectivity index (χ1) is 6.80. The van der Waals surface area contributed by atoms with Crippen LogP contribution in [0.25, 0.3) is 0 Å². The molecule has 1 aliphatic carbocycles. The van der Waals surface area contributed by atoms with Crippen LogP contribution in [0.4, 0.5) is 0 Å². The van der Waals surface area contributed by atoms with E-state index in [1.807, 2.05) is 0 Å². The minimum Gasteiger partial charge on any atom is -0.411 e. The molecule has 0 saturated carbocycles. The maximum absolute atomic E-state index is 8.57. The number of hydrogen-bond donors (Lipinski definition) is 3. The van der Waals surface area contributed by atoms with Crippen molar-refractivity contribution in [2.45, 2.75) is 6.42 Å². The van der Waals surface area contributed by atoms with Gasteiger partial charge in [0.1, 0.15) is 0 Å². The minimum absolute atomic E-state index is 0.364. The van der Waals surface area contributed by atoms with E-state index in [1.54, 1.807) is 12.2 Å². The van der Waals surface area contributed by atoms with Crippen molar-refractivity contribution in [3.05, 3.63) is 23.3 Å². The summed E-state index contributed by atoms with van der Waals surface area (Å²) < 4.78 is 0. The Morgan fingerprint density at radius 3 is 2.36 bits per heavy atom. The highest BCUT2D eigenvalue weighted by Gasteiger charge is 2.08. The van der Waals surface area contributed by atoms with Gasteiger partial charge in [-0.25, -0.2) is 0 Å². The smallest absolute Gasteiger partial charge is 0.0846 e. The number of hydrogen-bond acceptors (Lipinski definition) is 6. The van der Waals surface area contributed by atoms with Gasteiger partial charge in [0.15, 0.2) is 0 Å². The highest BCUT2D eigenvalue weighted by Crippen LogP contribution is 2.13. The first-order valence-corrected chi connectivity index (χ1v) is 3.78. The first-order valence-electron chi connectivity index (χ1n) is 3.78. The number of rotatable bonds is 2. The van der Waals surface area contributed by atoms with Crippen molar-refractivity contribution in [1.82, 2.24) is 0 Å². The summed E-state index contributed by atoms with van der Waals surface area (Å²) in [6.45, 7) is 0. The summed E-state index contributed by atoms with van der Waals surface area (Å²) >= 11 is 0. The molecule has 0 atom stereocenters. The maximum atomic E-state index is 8.57. The third-order valence-corrected chi connectivity index (χ3v) is 1.63. The van der Waals surface area contributed by atoms with Crippen LogP contribution in [-0.2, 0) is 0 Å². The third-order valence-electron chi connectivity index (χ3n) is 1.63. The third kappa shape index (κ3) is 2.44. The lowest BCUT2D eigenvalue weighted by Gasteiger charge is -2.07. The molecule has 0 aliphatic heterocycles. The molecule has 0 fully saturated rings. The predicted octanol–water partition coefficient (Wildman–Crippen LogP) is 0.993. The lowest BCUT2D eigenvalue weighted by molar-refractivity contribution is 0.318. The fraction of sp³-hybridized carbons (Fsp3) is 0.125. The molecule has 6 heteroatoms. The molecule has 0 unspecified atom stereocenters. The second-order valence-corrected chi connectivity index (χ2v) is 2.62. The zero-order valence-corrected chi connectivity index (χ0v) is 7.20. The summed E-state index contributed by atoms with van der Waals surface area (Å²) in [6, 6.07) is 0. The normalized spacial score (nSPS) is 20.4. The van der Waals surface area contributed by atoms with Crippen molar-refractivity contribution in [2.75, 3.05) is 0 Å². The van der Waals surface area contributed by atoms with Gasteiger partial charge in [-0.15, -0.1) is 0 Å². The topological polar surface area (TPSA) is 97.8 Å². The SMILES string of the molecule is O/N=C/C1=CC(=N/O)/CC(/C=N/O)=C1. The van der Waals surface area contributed by atoms with Gasteiger partial charge in [-0.05, 0) is 23.3 Å². The molecule has 1 aliphatic rings. The first kappa shape index (κ1) is 9.97. The Bertz CT molecular complexity index is 353. The molecule has 0 aromatic rings. The highest BCUT2D eigenvalue weighted by atomic mass is 16.4. The van der Waals surface area contributed by atoms with E-state index in [0.29, 0.717) is 23.3 Å². The molecule has 0 bridgehead atoms. The lowest BCUT2D eigenvalue weighted by Crippen LogP contribution is -2.05. The van der Waals surface area contributed by atoms with Gasteiger partial charge in [0.05, 0.1) is 18.1 Å². The van der Waals surface area contributed by atoms with Crippen LogP contribution in [-0.4, -0.2) is 33.8 Å². The molecule has 0 aromatic carbocycles. The average Bonchev–Trinajstić information content (AvgIpc) is 2.18. The standard InChI is InChI=1S/C8H9N3O3/c12-9-4-6-1-7(5-10-13)3-8(2-6)11-14/h1-2,4-5,12-14H,3H2/b9-4+,10-5+,11-8-. The molecule has 0 aromatic heterocycles. The minimum atomic E-state index is 0.364. The van der Waals surface area contributed by atoms with Crippen molar-refractivity contribution in [2.24, 2.45) is 15.5 Å². The van der Waals surface area contributed by atoms with E-state index in [4.69, 9.17) is 15.6 Å². The van der Waals surface area contributed by atoms with Gasteiger partial charge in [-0.3, -0.25) is 0 Å². The van der Waals surface area contributed by atoms with E-state index in [-0.39, 0.29) is 0 Å². The monoisotopic (exact) mass is 195 g/mol. The van der Waals surface area contributed by atoms with Crippen LogP contribution >= 0.6 is 0 Å². The molecule has 0 amide bonds. The number of oxime groups is 3. The molecule has 14 heavy (non-hydrogen) atoms. The van der Waals surface area contributed by atoms with Crippen molar-refractivity contribution in [3.8, 4) is 0 Å². The fourth-order valence-corrected chi connectivity index (χ4v) is 1.12. The van der Waals surface area contributed by atoms with Gasteiger partial charge in [0.2, 0.25) is 0 Å². The second kappa shape index (κ2) is 4.80. The summed E-state index contributed by atoms with van der Waals surface area (Å²) in [6.07, 6.45) is 5.98. The Kier molecular flexibility index (Phi) is 3.42. The summed E-state index contributed by atoms with van der Waals surface area (Å²) in [5.41, 5.74) is 1.61. The second-order valence-electron chi connectivity index (χ2n) is 2.62. The van der Waals surface area contributed by atoms with Crippen molar-refractivity contribution >= 4 is 18.1 Å². The molecule has 6 nitrogen and oxygen atoms in total. The molecule has 3 N–H and O–H groups in total. The van der Waals surface area contributed by atoms with E-state index >= 15 is 0 Å². The summed E-state index contributed by atoms with van der Waals surface area (Å²) in [5, 5.41) is 33.9. The van der Waals surface area contributed by atoms with Gasteiger partial charge >= 0.3 is 0 Å². The molecular weight excluding hydrogens is 186 g/mol. The Morgan fingerprint density at radius 2 is 1.79 bits per heavy atom. The molecule has 74 valence electrons. The highest BCUT2D eigenvalue weighted by molar-refractivity contribution is 6.07. The zero-order valence-electron chi connectivity index (χ0n) is 7.20. The van der Waals surface area contributed by atoms with E-state index in [1.165, 1.54) is 12.4 Å². The van der Waals surface area contributed by atoms with E-state index in [9.17, 15) is 0 Å². The van der Waals surface area contributed by atoms with E-state index in [0.717, 1.165) is 0 Å². The maximum Gasteiger partial charge on any atom is 0.0846 e. The predicted molar refractivity (Wildman–Crippen MR) is 50.6 cm³/mol. The number of allylic oxidation sites excluding steroid dienone is 4. The van der Waals surface area contributed by atoms with Crippen LogP contribution in [0.3, 0.4) is 0 Å².